The average Bonchev–Trinajstić information content (AvgIpc) is 2.88. The molecule has 0 aliphatic heterocycles. The van der Waals surface area contributed by atoms with Crippen molar-refractivity contribution < 1.29 is 18.8 Å². The molecule has 21 heavy (non-hydrogen) atoms. The summed E-state index contributed by atoms with van der Waals surface area (Å²) < 4.78 is 10.0. The fourth-order valence-electron chi connectivity index (χ4n) is 2.06. The van der Waals surface area contributed by atoms with Crippen LogP contribution in [0.1, 0.15) is 19.5 Å². The maximum atomic E-state index is 12.3. The van der Waals surface area contributed by atoms with Gasteiger partial charge in [-0.1, -0.05) is 17.3 Å². The van der Waals surface area contributed by atoms with Crippen LogP contribution in [0.4, 0.5) is 0 Å². The molecule has 0 unspecified atom stereocenters. The summed E-state index contributed by atoms with van der Waals surface area (Å²) in [6, 6.07) is 7.37. The maximum absolute atomic E-state index is 12.3. The third-order valence-corrected chi connectivity index (χ3v) is 3.13. The number of benzene rings is 1. The van der Waals surface area contributed by atoms with Crippen molar-refractivity contribution in [3.63, 3.8) is 0 Å². The summed E-state index contributed by atoms with van der Waals surface area (Å²) in [5, 5.41) is 4.75. The van der Waals surface area contributed by atoms with E-state index in [2.05, 4.69) is 5.16 Å². The lowest BCUT2D eigenvalue weighted by molar-refractivity contribution is -0.148. The van der Waals surface area contributed by atoms with E-state index in [4.69, 9.17) is 9.26 Å². The van der Waals surface area contributed by atoms with Gasteiger partial charge in [0.05, 0.1) is 13.0 Å². The van der Waals surface area contributed by atoms with Gasteiger partial charge >= 0.3 is 5.97 Å². The zero-order valence-corrected chi connectivity index (χ0v) is 12.2. The van der Waals surface area contributed by atoms with E-state index < -0.39 is 5.97 Å². The number of likely N-dealkylation sites (N-methyl/N-ethyl adjacent to an activating group) is 1. The molecule has 0 radical (unpaired) electrons. The molecule has 0 saturated heterocycles. The molecular formula is C15H18N2O4. The Morgan fingerprint density at radius 1 is 1.29 bits per heavy atom. The number of ether oxygens (including phenoxy) is 1. The van der Waals surface area contributed by atoms with Gasteiger partial charge in [-0.15, -0.1) is 0 Å². The molecular weight excluding hydrogens is 272 g/mol. The highest BCUT2D eigenvalue weighted by atomic mass is 16.5. The minimum Gasteiger partial charge on any atom is -0.465 e. The Hall–Kier alpha value is -2.37. The van der Waals surface area contributed by atoms with Crippen molar-refractivity contribution in [2.45, 2.75) is 20.3 Å². The second-order valence-electron chi connectivity index (χ2n) is 4.52. The molecule has 112 valence electrons. The molecule has 1 heterocycles. The largest absolute Gasteiger partial charge is 0.465 e. The first-order chi connectivity index (χ1) is 10.2. The molecule has 6 heteroatoms. The molecule has 1 aromatic carbocycles. The molecule has 6 nitrogen and oxygen atoms in total. The van der Waals surface area contributed by atoms with Gasteiger partial charge in [0.15, 0.2) is 5.58 Å². The predicted octanol–water partition coefficient (Wildman–Crippen LogP) is 1.78. The van der Waals surface area contributed by atoms with Crippen LogP contribution in [0.5, 0.6) is 0 Å². The Kier molecular flexibility index (Phi) is 4.92. The minimum atomic E-state index is -0.405. The summed E-state index contributed by atoms with van der Waals surface area (Å²) >= 11 is 0. The number of carbonyl (C=O) groups excluding carboxylic acids is 2. The van der Waals surface area contributed by atoms with Crippen molar-refractivity contribution in [1.29, 1.82) is 0 Å². The molecule has 0 fully saturated rings. The number of hydrogen-bond acceptors (Lipinski definition) is 5. The lowest BCUT2D eigenvalue weighted by Crippen LogP contribution is -2.37. The fraction of sp³-hybridized carbons (Fsp3) is 0.400. The number of carbonyl (C=O) groups is 2. The number of nitrogens with zero attached hydrogens (tertiary/aromatic N) is 2. The van der Waals surface area contributed by atoms with Crippen LogP contribution in [0.25, 0.3) is 11.0 Å². The van der Waals surface area contributed by atoms with E-state index in [0.29, 0.717) is 24.4 Å². The van der Waals surface area contributed by atoms with Crippen molar-refractivity contribution in [3.8, 4) is 0 Å². The molecule has 0 aliphatic rings. The van der Waals surface area contributed by atoms with Crippen LogP contribution >= 0.6 is 0 Å². The molecule has 0 bridgehead atoms. The Morgan fingerprint density at radius 2 is 2.05 bits per heavy atom. The lowest BCUT2D eigenvalue weighted by Gasteiger charge is -2.19. The van der Waals surface area contributed by atoms with Crippen LogP contribution in [0.2, 0.25) is 0 Å². The van der Waals surface area contributed by atoms with Crippen LogP contribution in [0.3, 0.4) is 0 Å². The average molecular weight is 290 g/mol. The van der Waals surface area contributed by atoms with Gasteiger partial charge < -0.3 is 14.2 Å². The highest BCUT2D eigenvalue weighted by Gasteiger charge is 2.19. The van der Waals surface area contributed by atoms with Crippen LogP contribution in [0, 0.1) is 0 Å². The first-order valence-corrected chi connectivity index (χ1v) is 6.92. The fourth-order valence-corrected chi connectivity index (χ4v) is 2.06. The van der Waals surface area contributed by atoms with E-state index in [1.807, 2.05) is 25.1 Å². The van der Waals surface area contributed by atoms with E-state index in [1.54, 1.807) is 13.0 Å². The monoisotopic (exact) mass is 290 g/mol. The van der Waals surface area contributed by atoms with Gasteiger partial charge in [-0.3, -0.25) is 9.59 Å². The molecule has 1 aromatic heterocycles. The number of para-hydroxylation sites is 1. The topological polar surface area (TPSA) is 72.6 Å². The number of esters is 1. The van der Waals surface area contributed by atoms with Crippen LogP contribution in [-0.4, -0.2) is 41.6 Å². The van der Waals surface area contributed by atoms with Gasteiger partial charge in [-0.2, -0.15) is 0 Å². The number of aromatic nitrogens is 1. The summed E-state index contributed by atoms with van der Waals surface area (Å²) in [6.07, 6.45) is 0.101. The quantitative estimate of drug-likeness (QED) is 0.758. The van der Waals surface area contributed by atoms with Crippen molar-refractivity contribution in [1.82, 2.24) is 10.1 Å². The number of amides is 1. The normalized spacial score (nSPS) is 10.6. The Labute approximate surface area is 122 Å². The highest BCUT2D eigenvalue weighted by molar-refractivity contribution is 5.88. The van der Waals surface area contributed by atoms with E-state index in [1.165, 1.54) is 4.90 Å². The van der Waals surface area contributed by atoms with Crippen LogP contribution < -0.4 is 0 Å². The molecule has 0 N–H and O–H groups in total. The van der Waals surface area contributed by atoms with Gasteiger partial charge in [-0.25, -0.2) is 0 Å². The standard InChI is InChI=1S/C15H18N2O4/c1-3-17(10-15(19)20-4-2)14(18)9-12-11-7-5-6-8-13(11)21-16-12/h5-8H,3-4,9-10H2,1-2H3. The lowest BCUT2D eigenvalue weighted by atomic mass is 10.1. The van der Waals surface area contributed by atoms with Crippen molar-refractivity contribution in [2.24, 2.45) is 0 Å². The van der Waals surface area contributed by atoms with Gasteiger partial charge in [0, 0.05) is 11.9 Å². The summed E-state index contributed by atoms with van der Waals surface area (Å²) in [6.45, 7) is 4.25. The van der Waals surface area contributed by atoms with Crippen molar-refractivity contribution >= 4 is 22.8 Å². The number of hydrogen-bond donors (Lipinski definition) is 0. The first-order valence-electron chi connectivity index (χ1n) is 6.92. The second kappa shape index (κ2) is 6.88. The zero-order chi connectivity index (χ0) is 15.2. The number of rotatable bonds is 6. The molecule has 2 aromatic rings. The first kappa shape index (κ1) is 15.0. The van der Waals surface area contributed by atoms with Gasteiger partial charge in [-0.05, 0) is 26.0 Å². The summed E-state index contributed by atoms with van der Waals surface area (Å²) in [5.41, 5.74) is 1.23. The molecule has 0 spiro atoms. The highest BCUT2D eigenvalue weighted by Crippen LogP contribution is 2.18. The smallest absolute Gasteiger partial charge is 0.325 e. The van der Waals surface area contributed by atoms with Crippen LogP contribution in [0.15, 0.2) is 28.8 Å². The molecule has 0 saturated carbocycles. The minimum absolute atomic E-state index is 0.0427. The Morgan fingerprint density at radius 3 is 2.76 bits per heavy atom. The molecule has 1 amide bonds. The molecule has 0 aliphatic carbocycles. The van der Waals surface area contributed by atoms with Crippen molar-refractivity contribution in [2.75, 3.05) is 19.7 Å². The Bertz CT molecular complexity index is 635. The van der Waals surface area contributed by atoms with Gasteiger partial charge in [0.2, 0.25) is 5.91 Å². The van der Waals surface area contributed by atoms with E-state index in [-0.39, 0.29) is 18.9 Å². The zero-order valence-electron chi connectivity index (χ0n) is 12.2. The third-order valence-electron chi connectivity index (χ3n) is 3.13. The van der Waals surface area contributed by atoms with E-state index in [9.17, 15) is 9.59 Å². The van der Waals surface area contributed by atoms with Gasteiger partial charge in [0.1, 0.15) is 12.2 Å². The summed E-state index contributed by atoms with van der Waals surface area (Å²) in [4.78, 5) is 25.2. The third kappa shape index (κ3) is 3.59. The Balaban J connectivity index is 2.07. The van der Waals surface area contributed by atoms with Crippen LogP contribution in [-0.2, 0) is 20.7 Å². The van der Waals surface area contributed by atoms with Gasteiger partial charge in [0.25, 0.3) is 0 Å². The summed E-state index contributed by atoms with van der Waals surface area (Å²) in [7, 11) is 0. The van der Waals surface area contributed by atoms with E-state index in [0.717, 1.165) is 5.39 Å². The maximum Gasteiger partial charge on any atom is 0.325 e. The molecule has 0 atom stereocenters. The SMILES string of the molecule is CCOC(=O)CN(CC)C(=O)Cc1noc2ccccc12. The predicted molar refractivity (Wildman–Crippen MR) is 76.6 cm³/mol. The second-order valence-corrected chi connectivity index (χ2v) is 4.52. The molecule has 2 rings (SSSR count). The summed E-state index contributed by atoms with van der Waals surface area (Å²) in [5.74, 6) is -0.581. The van der Waals surface area contributed by atoms with E-state index >= 15 is 0 Å². The number of fused-ring (bicyclic) bond motifs is 1. The van der Waals surface area contributed by atoms with Crippen molar-refractivity contribution in [3.05, 3.63) is 30.0 Å².